The number of nitrogens with zero attached hydrogens (tertiary/aromatic N) is 5. The first-order chi connectivity index (χ1) is 18.3. The van der Waals surface area contributed by atoms with Gasteiger partial charge < -0.3 is 10.6 Å². The van der Waals surface area contributed by atoms with E-state index in [1.807, 2.05) is 16.9 Å². The molecule has 1 saturated carbocycles. The van der Waals surface area contributed by atoms with Crippen molar-refractivity contribution in [1.82, 2.24) is 29.9 Å². The number of rotatable bonds is 2. The van der Waals surface area contributed by atoms with E-state index in [0.717, 1.165) is 37.8 Å². The first-order valence-electron chi connectivity index (χ1n) is 13.2. The third-order valence-corrected chi connectivity index (χ3v) is 9.01. The van der Waals surface area contributed by atoms with Crippen LogP contribution in [-0.4, -0.2) is 62.8 Å². The van der Waals surface area contributed by atoms with Crippen molar-refractivity contribution >= 4 is 27.3 Å². The standard InChI is InChI=1S/C26H33N7O4S/c1-38(36,37)20-11-9-19(10-12-20)33-17-23-24(31-33)26(35)27-13-4-2-3-5-14-32-16-18(15-28-32)21-7-6-8-22(29-21)25(34)30-23/h6-8,15-17,19-20H,2-5,9-14H2,1H3,(H,27,35)(H,30,34). The molecule has 12 heteroatoms. The number of amides is 2. The summed E-state index contributed by atoms with van der Waals surface area (Å²) in [5.74, 6) is -0.802. The van der Waals surface area contributed by atoms with Crippen molar-refractivity contribution in [2.24, 2.45) is 0 Å². The van der Waals surface area contributed by atoms with Gasteiger partial charge in [0.1, 0.15) is 15.5 Å². The van der Waals surface area contributed by atoms with Crippen molar-refractivity contribution in [2.75, 3.05) is 18.1 Å². The van der Waals surface area contributed by atoms with E-state index in [4.69, 9.17) is 0 Å². The third kappa shape index (κ3) is 5.95. The second-order valence-electron chi connectivity index (χ2n) is 10.2. The summed E-state index contributed by atoms with van der Waals surface area (Å²) < 4.78 is 27.5. The Kier molecular flexibility index (Phi) is 7.59. The van der Waals surface area contributed by atoms with Gasteiger partial charge in [0.15, 0.2) is 5.69 Å². The SMILES string of the molecule is CS(=O)(=O)C1CCC(n2cc3c(n2)C(=O)NCCCCCCn2cc(cn2)-c2cccc(n2)C(=O)N3)CC1. The number of carbonyl (C=O) groups is 2. The first kappa shape index (κ1) is 26.1. The highest BCUT2D eigenvalue weighted by Crippen LogP contribution is 2.32. The maximum Gasteiger partial charge on any atom is 0.274 e. The van der Waals surface area contributed by atoms with Gasteiger partial charge in [0.25, 0.3) is 11.8 Å². The number of fused-ring (bicyclic) bond motifs is 6. The second-order valence-corrected chi connectivity index (χ2v) is 12.5. The molecule has 2 N–H and O–H groups in total. The maximum atomic E-state index is 13.2. The van der Waals surface area contributed by atoms with E-state index in [-0.39, 0.29) is 28.6 Å². The minimum atomic E-state index is -3.09. The number of anilines is 1. The highest BCUT2D eigenvalue weighted by Gasteiger charge is 2.30. The molecular formula is C26H33N7O4S. The molecule has 2 amide bonds. The lowest BCUT2D eigenvalue weighted by atomic mass is 9.95. The molecule has 2 aliphatic rings. The Morgan fingerprint density at radius 3 is 2.50 bits per heavy atom. The highest BCUT2D eigenvalue weighted by atomic mass is 32.2. The normalized spacial score (nSPS) is 21.5. The van der Waals surface area contributed by atoms with Crippen LogP contribution in [0.4, 0.5) is 5.69 Å². The van der Waals surface area contributed by atoms with Crippen molar-refractivity contribution in [3.63, 3.8) is 0 Å². The predicted molar refractivity (Wildman–Crippen MR) is 143 cm³/mol. The summed E-state index contributed by atoms with van der Waals surface area (Å²) in [6.07, 6.45) is 12.8. The summed E-state index contributed by atoms with van der Waals surface area (Å²) in [5, 5.41) is 14.4. The van der Waals surface area contributed by atoms with Crippen LogP contribution in [0.15, 0.2) is 36.8 Å². The van der Waals surface area contributed by atoms with Crippen LogP contribution in [0.3, 0.4) is 0 Å². The molecule has 4 heterocycles. The number of nitrogens with one attached hydrogen (secondary N) is 2. The second kappa shape index (κ2) is 11.1. The molecule has 0 unspecified atom stereocenters. The van der Waals surface area contributed by atoms with Gasteiger partial charge in [-0.15, -0.1) is 0 Å². The lowest BCUT2D eigenvalue weighted by molar-refractivity contribution is 0.0947. The Labute approximate surface area is 221 Å². The molecule has 11 nitrogen and oxygen atoms in total. The van der Waals surface area contributed by atoms with Gasteiger partial charge in [0.05, 0.1) is 28.9 Å². The summed E-state index contributed by atoms with van der Waals surface area (Å²) in [6, 6.07) is 5.17. The lowest BCUT2D eigenvalue weighted by Gasteiger charge is -2.27. The van der Waals surface area contributed by atoms with E-state index in [9.17, 15) is 18.0 Å². The Morgan fingerprint density at radius 1 is 0.947 bits per heavy atom. The number of aromatic nitrogens is 5. The van der Waals surface area contributed by atoms with Crippen molar-refractivity contribution in [3.8, 4) is 11.3 Å². The molecule has 38 heavy (non-hydrogen) atoms. The Hall–Kier alpha value is -3.54. The van der Waals surface area contributed by atoms with Crippen LogP contribution in [0.25, 0.3) is 11.3 Å². The minimum Gasteiger partial charge on any atom is -0.351 e. The van der Waals surface area contributed by atoms with Gasteiger partial charge in [-0.2, -0.15) is 10.2 Å². The van der Waals surface area contributed by atoms with Crippen LogP contribution >= 0.6 is 0 Å². The molecular weight excluding hydrogens is 506 g/mol. The van der Waals surface area contributed by atoms with Gasteiger partial charge in [0, 0.05) is 37.3 Å². The fraction of sp³-hybridized carbons (Fsp3) is 0.500. The van der Waals surface area contributed by atoms with Crippen molar-refractivity contribution in [2.45, 2.75) is 69.2 Å². The minimum absolute atomic E-state index is 0.0511. The molecule has 0 radical (unpaired) electrons. The summed E-state index contributed by atoms with van der Waals surface area (Å²) in [5.41, 5.74) is 2.13. The van der Waals surface area contributed by atoms with E-state index in [1.54, 1.807) is 29.2 Å². The van der Waals surface area contributed by atoms with E-state index in [2.05, 4.69) is 25.8 Å². The summed E-state index contributed by atoms with van der Waals surface area (Å²) in [7, 11) is -3.09. The van der Waals surface area contributed by atoms with Gasteiger partial charge in [-0.3, -0.25) is 19.0 Å². The van der Waals surface area contributed by atoms with E-state index in [0.29, 0.717) is 43.6 Å². The number of pyridine rings is 1. The molecule has 0 atom stereocenters. The Balaban J connectivity index is 1.42. The van der Waals surface area contributed by atoms with E-state index >= 15 is 0 Å². The number of carbonyl (C=O) groups excluding carboxylic acids is 2. The van der Waals surface area contributed by atoms with Gasteiger partial charge in [-0.05, 0) is 50.7 Å². The van der Waals surface area contributed by atoms with Crippen LogP contribution in [0.2, 0.25) is 0 Å². The van der Waals surface area contributed by atoms with Gasteiger partial charge in [0.2, 0.25) is 0 Å². The Bertz CT molecular complexity index is 1420. The molecule has 3 aromatic heterocycles. The van der Waals surface area contributed by atoms with Crippen LogP contribution in [0.1, 0.15) is 78.4 Å². The summed E-state index contributed by atoms with van der Waals surface area (Å²) in [4.78, 5) is 30.8. The molecule has 0 saturated heterocycles. The van der Waals surface area contributed by atoms with Crippen molar-refractivity contribution < 1.29 is 18.0 Å². The average Bonchev–Trinajstić information content (AvgIpc) is 3.55. The molecule has 0 aromatic carbocycles. The average molecular weight is 540 g/mol. The summed E-state index contributed by atoms with van der Waals surface area (Å²) >= 11 is 0. The smallest absolute Gasteiger partial charge is 0.274 e. The molecule has 5 rings (SSSR count). The van der Waals surface area contributed by atoms with Gasteiger partial charge >= 0.3 is 0 Å². The zero-order valence-corrected chi connectivity index (χ0v) is 22.3. The van der Waals surface area contributed by atoms with Gasteiger partial charge in [-0.1, -0.05) is 18.9 Å². The fourth-order valence-electron chi connectivity index (χ4n) is 5.14. The number of hydrogen-bond donors (Lipinski definition) is 2. The largest absolute Gasteiger partial charge is 0.351 e. The molecule has 1 fully saturated rings. The summed E-state index contributed by atoms with van der Waals surface area (Å²) in [6.45, 7) is 1.30. The van der Waals surface area contributed by atoms with E-state index < -0.39 is 15.7 Å². The monoisotopic (exact) mass is 539 g/mol. The quantitative estimate of drug-likeness (QED) is 0.509. The topological polar surface area (TPSA) is 141 Å². The zero-order chi connectivity index (χ0) is 26.7. The van der Waals surface area contributed by atoms with Crippen LogP contribution in [0, 0.1) is 0 Å². The first-order valence-corrected chi connectivity index (χ1v) is 15.1. The fourth-order valence-corrected chi connectivity index (χ4v) is 6.27. The Morgan fingerprint density at radius 2 is 1.71 bits per heavy atom. The molecule has 1 aliphatic carbocycles. The maximum absolute atomic E-state index is 13.2. The van der Waals surface area contributed by atoms with E-state index in [1.165, 1.54) is 6.26 Å². The lowest BCUT2D eigenvalue weighted by Crippen LogP contribution is -2.28. The number of hydrogen-bond acceptors (Lipinski definition) is 7. The van der Waals surface area contributed by atoms with Gasteiger partial charge in [-0.25, -0.2) is 13.4 Å². The highest BCUT2D eigenvalue weighted by molar-refractivity contribution is 7.91. The molecule has 0 spiro atoms. The number of aryl methyl sites for hydroxylation is 1. The molecule has 4 bridgehead atoms. The molecule has 202 valence electrons. The van der Waals surface area contributed by atoms with Crippen LogP contribution < -0.4 is 10.6 Å². The van der Waals surface area contributed by atoms with Crippen LogP contribution in [-0.2, 0) is 16.4 Å². The third-order valence-electron chi connectivity index (χ3n) is 7.33. The van der Waals surface area contributed by atoms with Crippen molar-refractivity contribution in [3.05, 3.63) is 48.2 Å². The van der Waals surface area contributed by atoms with Crippen molar-refractivity contribution in [1.29, 1.82) is 0 Å². The van der Waals surface area contributed by atoms with Crippen LogP contribution in [0.5, 0.6) is 0 Å². The number of sulfone groups is 1. The molecule has 3 aromatic rings. The molecule has 1 aliphatic heterocycles. The predicted octanol–water partition coefficient (Wildman–Crippen LogP) is 3.23. The zero-order valence-electron chi connectivity index (χ0n) is 21.5.